The number of piperidine rings is 1. The summed E-state index contributed by atoms with van der Waals surface area (Å²) in [7, 11) is 0. The van der Waals surface area contributed by atoms with Crippen molar-refractivity contribution >= 4 is 5.97 Å². The van der Waals surface area contributed by atoms with Gasteiger partial charge in [-0.1, -0.05) is 35.5 Å². The van der Waals surface area contributed by atoms with Gasteiger partial charge in [-0.2, -0.15) is 4.98 Å². The molecule has 0 spiro atoms. The highest BCUT2D eigenvalue weighted by Gasteiger charge is 2.30. The first-order valence-corrected chi connectivity index (χ1v) is 8.48. The fourth-order valence-electron chi connectivity index (χ4n) is 3.05. The van der Waals surface area contributed by atoms with Gasteiger partial charge in [0.05, 0.1) is 18.6 Å². The van der Waals surface area contributed by atoms with Crippen LogP contribution in [0.5, 0.6) is 0 Å². The lowest BCUT2D eigenvalue weighted by Gasteiger charge is -2.33. The second kappa shape index (κ2) is 7.57. The molecule has 1 saturated heterocycles. The predicted octanol–water partition coefficient (Wildman–Crippen LogP) is 3.07. The Balaban J connectivity index is 1.61. The number of hydrogen-bond acceptors (Lipinski definition) is 6. The van der Waals surface area contributed by atoms with Gasteiger partial charge in [-0.05, 0) is 39.8 Å². The van der Waals surface area contributed by atoms with E-state index in [-0.39, 0.29) is 17.9 Å². The van der Waals surface area contributed by atoms with Crippen LogP contribution in [0.1, 0.15) is 38.6 Å². The predicted molar refractivity (Wildman–Crippen MR) is 89.1 cm³/mol. The van der Waals surface area contributed by atoms with Crippen LogP contribution < -0.4 is 0 Å². The summed E-state index contributed by atoms with van der Waals surface area (Å²) in [4.78, 5) is 18.6. The molecule has 3 rings (SSSR count). The Kier molecular flexibility index (Phi) is 5.25. The Morgan fingerprint density at radius 2 is 2.04 bits per heavy atom. The zero-order valence-corrected chi connectivity index (χ0v) is 14.1. The molecule has 0 bridgehead atoms. The number of likely N-dealkylation sites (tertiary alicyclic amines) is 1. The summed E-state index contributed by atoms with van der Waals surface area (Å²) in [6.45, 7) is 6.00. The van der Waals surface area contributed by atoms with E-state index in [1.807, 2.05) is 37.3 Å². The molecule has 1 aliphatic rings. The third-order valence-electron chi connectivity index (χ3n) is 4.53. The average Bonchev–Trinajstić information content (AvgIpc) is 3.12. The molecule has 2 aromatic rings. The summed E-state index contributed by atoms with van der Waals surface area (Å²) in [6, 6.07) is 9.83. The minimum absolute atomic E-state index is 0.0102. The first-order valence-electron chi connectivity index (χ1n) is 8.48. The van der Waals surface area contributed by atoms with Crippen molar-refractivity contribution in [2.24, 2.45) is 5.92 Å². The van der Waals surface area contributed by atoms with Crippen LogP contribution in [0.4, 0.5) is 0 Å². The van der Waals surface area contributed by atoms with Crippen molar-refractivity contribution in [2.45, 2.75) is 32.7 Å². The van der Waals surface area contributed by atoms with Crippen molar-refractivity contribution in [1.82, 2.24) is 15.0 Å². The fourth-order valence-corrected chi connectivity index (χ4v) is 3.05. The van der Waals surface area contributed by atoms with Gasteiger partial charge in [0.2, 0.25) is 11.7 Å². The number of ether oxygens (including phenoxy) is 1. The van der Waals surface area contributed by atoms with Crippen molar-refractivity contribution in [2.75, 3.05) is 19.7 Å². The number of esters is 1. The number of rotatable bonds is 5. The van der Waals surface area contributed by atoms with Crippen LogP contribution in [-0.2, 0) is 9.53 Å². The van der Waals surface area contributed by atoms with Crippen molar-refractivity contribution in [3.63, 3.8) is 0 Å². The van der Waals surface area contributed by atoms with Gasteiger partial charge in [0, 0.05) is 5.56 Å². The highest BCUT2D eigenvalue weighted by molar-refractivity contribution is 5.72. The lowest BCUT2D eigenvalue weighted by atomic mass is 9.96. The van der Waals surface area contributed by atoms with Crippen LogP contribution in [0, 0.1) is 5.92 Å². The van der Waals surface area contributed by atoms with Crippen LogP contribution >= 0.6 is 0 Å². The van der Waals surface area contributed by atoms with E-state index in [2.05, 4.69) is 22.0 Å². The van der Waals surface area contributed by atoms with Gasteiger partial charge in [0.15, 0.2) is 0 Å². The summed E-state index contributed by atoms with van der Waals surface area (Å²) in [5.41, 5.74) is 0.945. The van der Waals surface area contributed by atoms with Gasteiger partial charge in [0.1, 0.15) is 0 Å². The molecule has 1 aliphatic heterocycles. The van der Waals surface area contributed by atoms with Crippen LogP contribution in [0.15, 0.2) is 34.9 Å². The Bertz CT molecular complexity index is 663. The quantitative estimate of drug-likeness (QED) is 0.785. The Morgan fingerprint density at radius 1 is 1.33 bits per heavy atom. The maximum Gasteiger partial charge on any atom is 0.309 e. The lowest BCUT2D eigenvalue weighted by Crippen LogP contribution is -2.38. The van der Waals surface area contributed by atoms with Crippen molar-refractivity contribution < 1.29 is 14.1 Å². The molecule has 0 radical (unpaired) electrons. The molecule has 0 aliphatic carbocycles. The van der Waals surface area contributed by atoms with E-state index in [4.69, 9.17) is 9.26 Å². The minimum Gasteiger partial charge on any atom is -0.466 e. The molecule has 2 heterocycles. The van der Waals surface area contributed by atoms with Gasteiger partial charge < -0.3 is 9.26 Å². The third-order valence-corrected chi connectivity index (χ3v) is 4.53. The fraction of sp³-hybridized carbons (Fsp3) is 0.500. The zero-order valence-electron chi connectivity index (χ0n) is 14.1. The highest BCUT2D eigenvalue weighted by Crippen LogP contribution is 2.27. The average molecular weight is 329 g/mol. The molecule has 6 nitrogen and oxygen atoms in total. The molecule has 24 heavy (non-hydrogen) atoms. The lowest BCUT2D eigenvalue weighted by molar-refractivity contribution is -0.149. The second-order valence-electron chi connectivity index (χ2n) is 6.06. The van der Waals surface area contributed by atoms with Gasteiger partial charge >= 0.3 is 5.97 Å². The van der Waals surface area contributed by atoms with E-state index in [0.29, 0.717) is 18.3 Å². The molecule has 1 unspecified atom stereocenters. The molecule has 128 valence electrons. The first-order chi connectivity index (χ1) is 11.7. The van der Waals surface area contributed by atoms with E-state index < -0.39 is 0 Å². The van der Waals surface area contributed by atoms with Crippen LogP contribution in [0.2, 0.25) is 0 Å². The number of aromatic nitrogens is 2. The highest BCUT2D eigenvalue weighted by atomic mass is 16.5. The van der Waals surface area contributed by atoms with Crippen molar-refractivity contribution in [3.8, 4) is 11.4 Å². The molecule has 0 amide bonds. The summed E-state index contributed by atoms with van der Waals surface area (Å²) < 4.78 is 10.6. The van der Waals surface area contributed by atoms with Gasteiger partial charge in [-0.25, -0.2) is 0 Å². The SMILES string of the molecule is CCOC(=O)C1CCN(C(C)c2nc(-c3ccccc3)no2)CC1. The summed E-state index contributed by atoms with van der Waals surface area (Å²) in [6.07, 6.45) is 1.62. The summed E-state index contributed by atoms with van der Waals surface area (Å²) in [5.74, 6) is 1.16. The monoisotopic (exact) mass is 329 g/mol. The van der Waals surface area contributed by atoms with Gasteiger partial charge in [0.25, 0.3) is 0 Å². The van der Waals surface area contributed by atoms with Crippen molar-refractivity contribution in [1.29, 1.82) is 0 Å². The molecule has 1 aromatic carbocycles. The summed E-state index contributed by atoms with van der Waals surface area (Å²) in [5, 5.41) is 4.08. The Hall–Kier alpha value is -2.21. The molecule has 0 N–H and O–H groups in total. The number of hydrogen-bond donors (Lipinski definition) is 0. The molecular formula is C18H23N3O3. The van der Waals surface area contributed by atoms with Crippen molar-refractivity contribution in [3.05, 3.63) is 36.2 Å². The summed E-state index contributed by atoms with van der Waals surface area (Å²) >= 11 is 0. The smallest absolute Gasteiger partial charge is 0.309 e. The zero-order chi connectivity index (χ0) is 16.9. The number of carbonyl (C=O) groups is 1. The maximum atomic E-state index is 11.8. The van der Waals surface area contributed by atoms with Crippen LogP contribution in [-0.4, -0.2) is 40.7 Å². The normalized spacial score (nSPS) is 17.6. The number of benzene rings is 1. The largest absolute Gasteiger partial charge is 0.466 e. The third kappa shape index (κ3) is 3.64. The second-order valence-corrected chi connectivity index (χ2v) is 6.06. The van der Waals surface area contributed by atoms with E-state index >= 15 is 0 Å². The Morgan fingerprint density at radius 3 is 2.71 bits per heavy atom. The van der Waals surface area contributed by atoms with Crippen LogP contribution in [0.3, 0.4) is 0 Å². The number of nitrogens with zero attached hydrogens (tertiary/aromatic N) is 3. The molecular weight excluding hydrogens is 306 g/mol. The van der Waals surface area contributed by atoms with Gasteiger partial charge in [-0.3, -0.25) is 9.69 Å². The molecule has 1 aromatic heterocycles. The molecule has 6 heteroatoms. The van der Waals surface area contributed by atoms with Crippen LogP contribution in [0.25, 0.3) is 11.4 Å². The molecule has 0 saturated carbocycles. The topological polar surface area (TPSA) is 68.5 Å². The number of carbonyl (C=O) groups excluding carboxylic acids is 1. The van der Waals surface area contributed by atoms with E-state index in [9.17, 15) is 4.79 Å². The Labute approximate surface area is 141 Å². The molecule has 1 atom stereocenters. The van der Waals surface area contributed by atoms with E-state index in [1.165, 1.54) is 0 Å². The van der Waals surface area contributed by atoms with E-state index in [1.54, 1.807) is 0 Å². The van der Waals surface area contributed by atoms with Gasteiger partial charge in [-0.15, -0.1) is 0 Å². The van der Waals surface area contributed by atoms with E-state index in [0.717, 1.165) is 31.5 Å². The first kappa shape index (κ1) is 16.6. The minimum atomic E-state index is -0.0750. The maximum absolute atomic E-state index is 11.8. The standard InChI is InChI=1S/C18H23N3O3/c1-3-23-18(22)15-9-11-21(12-10-15)13(2)17-19-16(20-24-17)14-7-5-4-6-8-14/h4-8,13,15H,3,9-12H2,1-2H3. The molecule has 1 fully saturated rings.